The van der Waals surface area contributed by atoms with E-state index in [0.29, 0.717) is 0 Å². The fourth-order valence-electron chi connectivity index (χ4n) is 2.52. The predicted molar refractivity (Wildman–Crippen MR) is 90.9 cm³/mol. The second kappa shape index (κ2) is 8.27. The van der Waals surface area contributed by atoms with Crippen molar-refractivity contribution in [3.05, 3.63) is 28.7 Å². The van der Waals surface area contributed by atoms with Gasteiger partial charge in [0.1, 0.15) is 0 Å². The minimum Gasteiger partial charge on any atom is -0.368 e. The van der Waals surface area contributed by atoms with Gasteiger partial charge in [-0.15, -0.1) is 0 Å². The number of nitrogens with one attached hydrogen (secondary N) is 1. The number of nitrogens with zero attached hydrogens (tertiary/aromatic N) is 2. The van der Waals surface area contributed by atoms with Crippen molar-refractivity contribution >= 4 is 27.6 Å². The maximum Gasteiger partial charge on any atom is 0.317 e. The van der Waals surface area contributed by atoms with E-state index < -0.39 is 0 Å². The molecule has 1 aliphatic heterocycles. The van der Waals surface area contributed by atoms with Gasteiger partial charge in [-0.1, -0.05) is 41.8 Å². The first-order valence-corrected chi connectivity index (χ1v) is 8.53. The van der Waals surface area contributed by atoms with Crippen molar-refractivity contribution < 1.29 is 4.79 Å². The fourth-order valence-corrected chi connectivity index (χ4v) is 2.91. The number of anilines is 1. The molecule has 1 saturated heterocycles. The van der Waals surface area contributed by atoms with Gasteiger partial charge in [0.05, 0.1) is 0 Å². The second-order valence-electron chi connectivity index (χ2n) is 5.39. The Morgan fingerprint density at radius 3 is 2.67 bits per heavy atom. The Hall–Kier alpha value is -1.23. The number of carbonyl (C=O) groups excluding carboxylic acids is 1. The van der Waals surface area contributed by atoms with Crippen LogP contribution in [0.4, 0.5) is 10.5 Å². The summed E-state index contributed by atoms with van der Waals surface area (Å²) in [5.41, 5.74) is 1.22. The molecule has 1 aliphatic rings. The van der Waals surface area contributed by atoms with Gasteiger partial charge in [-0.3, -0.25) is 0 Å². The molecule has 1 N–H and O–H groups in total. The molecule has 0 saturated carbocycles. The van der Waals surface area contributed by atoms with Crippen LogP contribution in [0.1, 0.15) is 26.2 Å². The van der Waals surface area contributed by atoms with Crippen LogP contribution in [-0.4, -0.2) is 43.7 Å². The van der Waals surface area contributed by atoms with Crippen molar-refractivity contribution in [1.82, 2.24) is 10.2 Å². The zero-order valence-corrected chi connectivity index (χ0v) is 14.2. The number of hydrogen-bond acceptors (Lipinski definition) is 2. The summed E-state index contributed by atoms with van der Waals surface area (Å²) in [5, 5.41) is 3.01. The van der Waals surface area contributed by atoms with Crippen molar-refractivity contribution in [2.75, 3.05) is 37.6 Å². The number of rotatable bonds is 5. The predicted octanol–water partition coefficient (Wildman–Crippen LogP) is 3.47. The maximum absolute atomic E-state index is 12.0. The van der Waals surface area contributed by atoms with E-state index in [0.717, 1.165) is 43.6 Å². The van der Waals surface area contributed by atoms with E-state index in [1.54, 1.807) is 0 Å². The lowest BCUT2D eigenvalue weighted by molar-refractivity contribution is 0.194. The van der Waals surface area contributed by atoms with Crippen LogP contribution in [0.2, 0.25) is 0 Å². The summed E-state index contributed by atoms with van der Waals surface area (Å²) >= 11 is 3.50. The smallest absolute Gasteiger partial charge is 0.317 e. The number of amides is 2. The normalized spacial score (nSPS) is 15.1. The summed E-state index contributed by atoms with van der Waals surface area (Å²) in [4.78, 5) is 16.3. The zero-order valence-electron chi connectivity index (χ0n) is 12.6. The third kappa shape index (κ3) is 4.92. The molecule has 0 atom stereocenters. The zero-order chi connectivity index (χ0) is 15.1. The summed E-state index contributed by atoms with van der Waals surface area (Å²) in [6, 6.07) is 8.40. The lowest BCUT2D eigenvalue weighted by Gasteiger charge is -2.36. The van der Waals surface area contributed by atoms with Gasteiger partial charge in [-0.25, -0.2) is 4.79 Å². The summed E-state index contributed by atoms with van der Waals surface area (Å²) in [5.74, 6) is 0. The maximum atomic E-state index is 12.0. The minimum absolute atomic E-state index is 0.0833. The molecule has 21 heavy (non-hydrogen) atoms. The van der Waals surface area contributed by atoms with Gasteiger partial charge < -0.3 is 15.1 Å². The van der Waals surface area contributed by atoms with E-state index >= 15 is 0 Å². The van der Waals surface area contributed by atoms with Crippen molar-refractivity contribution in [3.8, 4) is 0 Å². The molecular formula is C16H24BrN3O. The van der Waals surface area contributed by atoms with Crippen molar-refractivity contribution in [2.45, 2.75) is 26.2 Å². The van der Waals surface area contributed by atoms with Gasteiger partial charge in [0.25, 0.3) is 0 Å². The lowest BCUT2D eigenvalue weighted by Crippen LogP contribution is -2.52. The summed E-state index contributed by atoms with van der Waals surface area (Å²) < 4.78 is 1.09. The fraction of sp³-hybridized carbons (Fsp3) is 0.562. The Bertz CT molecular complexity index is 459. The molecule has 0 aliphatic carbocycles. The second-order valence-corrected chi connectivity index (χ2v) is 6.31. The Kier molecular flexibility index (Phi) is 6.36. The summed E-state index contributed by atoms with van der Waals surface area (Å²) in [6.45, 7) is 6.30. The van der Waals surface area contributed by atoms with E-state index in [1.807, 2.05) is 17.0 Å². The minimum atomic E-state index is 0.0833. The van der Waals surface area contributed by atoms with E-state index in [-0.39, 0.29) is 6.03 Å². The first-order valence-electron chi connectivity index (χ1n) is 7.74. The highest BCUT2D eigenvalue weighted by atomic mass is 79.9. The highest BCUT2D eigenvalue weighted by molar-refractivity contribution is 9.10. The number of benzene rings is 1. The molecule has 2 amide bonds. The molecule has 0 radical (unpaired) electrons. The van der Waals surface area contributed by atoms with Crippen LogP contribution in [0.25, 0.3) is 0 Å². The van der Waals surface area contributed by atoms with E-state index in [2.05, 4.69) is 45.2 Å². The van der Waals surface area contributed by atoms with Crippen LogP contribution < -0.4 is 10.2 Å². The molecule has 0 aromatic heterocycles. The number of halogens is 1. The number of piperazine rings is 1. The van der Waals surface area contributed by atoms with Crippen LogP contribution >= 0.6 is 15.9 Å². The van der Waals surface area contributed by atoms with E-state index in [9.17, 15) is 4.79 Å². The summed E-state index contributed by atoms with van der Waals surface area (Å²) in [6.07, 6.45) is 3.43. The van der Waals surface area contributed by atoms with Crippen LogP contribution in [-0.2, 0) is 0 Å². The number of urea groups is 1. The van der Waals surface area contributed by atoms with Crippen molar-refractivity contribution in [3.63, 3.8) is 0 Å². The van der Waals surface area contributed by atoms with Gasteiger partial charge in [0, 0.05) is 42.9 Å². The average molecular weight is 354 g/mol. The molecule has 0 bridgehead atoms. The Morgan fingerprint density at radius 2 is 2.00 bits per heavy atom. The first-order chi connectivity index (χ1) is 10.2. The third-order valence-corrected chi connectivity index (χ3v) is 4.29. The Morgan fingerprint density at radius 1 is 1.24 bits per heavy atom. The van der Waals surface area contributed by atoms with Gasteiger partial charge in [0.15, 0.2) is 0 Å². The molecular weight excluding hydrogens is 330 g/mol. The van der Waals surface area contributed by atoms with Crippen LogP contribution in [0.15, 0.2) is 28.7 Å². The highest BCUT2D eigenvalue weighted by Crippen LogP contribution is 2.21. The van der Waals surface area contributed by atoms with Gasteiger partial charge in [-0.2, -0.15) is 0 Å². The lowest BCUT2D eigenvalue weighted by atomic mass is 10.2. The van der Waals surface area contributed by atoms with Crippen LogP contribution in [0.3, 0.4) is 0 Å². The molecule has 1 aromatic carbocycles. The van der Waals surface area contributed by atoms with Gasteiger partial charge in [0.2, 0.25) is 0 Å². The monoisotopic (exact) mass is 353 g/mol. The number of unbranched alkanes of at least 4 members (excludes halogenated alkanes) is 2. The Balaban J connectivity index is 1.76. The molecule has 0 unspecified atom stereocenters. The van der Waals surface area contributed by atoms with Crippen molar-refractivity contribution in [2.24, 2.45) is 0 Å². The van der Waals surface area contributed by atoms with Gasteiger partial charge >= 0.3 is 6.03 Å². The number of carbonyl (C=O) groups is 1. The molecule has 1 aromatic rings. The molecule has 116 valence electrons. The van der Waals surface area contributed by atoms with E-state index in [1.165, 1.54) is 18.5 Å². The molecule has 0 spiro atoms. The quantitative estimate of drug-likeness (QED) is 0.822. The molecule has 1 heterocycles. The topological polar surface area (TPSA) is 35.6 Å². The first kappa shape index (κ1) is 16.1. The molecule has 4 nitrogen and oxygen atoms in total. The molecule has 1 fully saturated rings. The van der Waals surface area contributed by atoms with Crippen LogP contribution in [0.5, 0.6) is 0 Å². The molecule has 5 heteroatoms. The third-order valence-electron chi connectivity index (χ3n) is 3.80. The Labute approximate surface area is 135 Å². The van der Waals surface area contributed by atoms with Crippen LogP contribution in [0, 0.1) is 0 Å². The average Bonchev–Trinajstić information content (AvgIpc) is 2.51. The van der Waals surface area contributed by atoms with Gasteiger partial charge in [-0.05, 0) is 24.6 Å². The largest absolute Gasteiger partial charge is 0.368 e. The summed E-state index contributed by atoms with van der Waals surface area (Å²) in [7, 11) is 0. The SMILES string of the molecule is CCCCCNC(=O)N1CCN(c2cccc(Br)c2)CC1. The standard InChI is InChI=1S/C16H24BrN3O/c1-2-3-4-8-18-16(21)20-11-9-19(10-12-20)15-7-5-6-14(17)13-15/h5-7,13H,2-4,8-12H2,1H3,(H,18,21). The molecule has 2 rings (SSSR count). The highest BCUT2D eigenvalue weighted by Gasteiger charge is 2.20. The van der Waals surface area contributed by atoms with E-state index in [4.69, 9.17) is 0 Å². The number of hydrogen-bond donors (Lipinski definition) is 1. The van der Waals surface area contributed by atoms with Crippen molar-refractivity contribution in [1.29, 1.82) is 0 Å².